The van der Waals surface area contributed by atoms with E-state index in [-0.39, 0.29) is 25.3 Å². The lowest BCUT2D eigenvalue weighted by Gasteiger charge is -2.07. The average molecular weight is 394 g/mol. The molecule has 0 bridgehead atoms. The Bertz CT molecular complexity index is 1170. The van der Waals surface area contributed by atoms with Crippen molar-refractivity contribution in [1.82, 2.24) is 9.97 Å². The molecule has 0 spiro atoms. The molecule has 0 saturated carbocycles. The van der Waals surface area contributed by atoms with Crippen molar-refractivity contribution in [2.75, 3.05) is 0 Å². The van der Waals surface area contributed by atoms with Gasteiger partial charge in [0.2, 0.25) is 0 Å². The number of hydrogen-bond acceptors (Lipinski definition) is 5. The minimum atomic E-state index is -0.455. The Morgan fingerprint density at radius 1 is 1.00 bits per heavy atom. The fourth-order valence-electron chi connectivity index (χ4n) is 2.96. The second kappa shape index (κ2) is 8.18. The first kappa shape index (κ1) is 18.7. The van der Waals surface area contributed by atoms with Gasteiger partial charge < -0.3 is 9.15 Å². The molecule has 2 aromatic carbocycles. The van der Waals surface area contributed by atoms with Gasteiger partial charge in [0.25, 0.3) is 0 Å². The van der Waals surface area contributed by atoms with Gasteiger partial charge in [-0.25, -0.2) is 13.8 Å². The quantitative estimate of drug-likeness (QED) is 0.438. The van der Waals surface area contributed by atoms with E-state index in [9.17, 15) is 13.6 Å². The molecule has 0 aliphatic carbocycles. The zero-order chi connectivity index (χ0) is 20.2. The number of aryl methyl sites for hydroxylation is 1. The number of nitrogens with zero attached hydrogens (tertiary/aromatic N) is 2. The van der Waals surface area contributed by atoms with Gasteiger partial charge in [-0.15, -0.1) is 0 Å². The number of hydrogen-bond donors (Lipinski definition) is 0. The number of benzene rings is 2. The third-order valence-corrected chi connectivity index (χ3v) is 4.42. The molecule has 0 amide bonds. The molecule has 5 nitrogen and oxygen atoms in total. The van der Waals surface area contributed by atoms with Crippen molar-refractivity contribution in [2.24, 2.45) is 0 Å². The molecule has 0 fully saturated rings. The SMILES string of the molecule is O=C(CCc1ncc(-c2ccccc2F)o1)OCc1ccc(F)c2cccnc12. The Morgan fingerprint density at radius 3 is 2.72 bits per heavy atom. The number of rotatable bonds is 6. The highest BCUT2D eigenvalue weighted by atomic mass is 19.1. The lowest BCUT2D eigenvalue weighted by molar-refractivity contribution is -0.144. The molecular weight excluding hydrogens is 378 g/mol. The van der Waals surface area contributed by atoms with Crippen LogP contribution in [-0.4, -0.2) is 15.9 Å². The number of oxazole rings is 1. The summed E-state index contributed by atoms with van der Waals surface area (Å²) < 4.78 is 38.4. The predicted molar refractivity (Wildman–Crippen MR) is 102 cm³/mol. The number of fused-ring (bicyclic) bond motifs is 1. The van der Waals surface area contributed by atoms with Crippen molar-refractivity contribution in [3.05, 3.63) is 84.0 Å². The molecule has 0 unspecified atom stereocenters. The minimum absolute atomic E-state index is 0.0152. The van der Waals surface area contributed by atoms with Crippen molar-refractivity contribution in [3.8, 4) is 11.3 Å². The summed E-state index contributed by atoms with van der Waals surface area (Å²) >= 11 is 0. The van der Waals surface area contributed by atoms with Crippen LogP contribution in [0.5, 0.6) is 0 Å². The predicted octanol–water partition coefficient (Wildman–Crippen LogP) is 4.84. The van der Waals surface area contributed by atoms with E-state index in [4.69, 9.17) is 9.15 Å². The maximum atomic E-state index is 13.8. The second-order valence-electron chi connectivity index (χ2n) is 6.36. The van der Waals surface area contributed by atoms with Crippen LogP contribution in [0.4, 0.5) is 8.78 Å². The molecule has 0 aliphatic rings. The average Bonchev–Trinajstić information content (AvgIpc) is 3.21. The third-order valence-electron chi connectivity index (χ3n) is 4.42. The Kier molecular flexibility index (Phi) is 5.29. The summed E-state index contributed by atoms with van der Waals surface area (Å²) in [6, 6.07) is 12.4. The molecule has 0 atom stereocenters. The Labute approximate surface area is 165 Å². The van der Waals surface area contributed by atoms with Gasteiger partial charge in [0.05, 0.1) is 23.7 Å². The van der Waals surface area contributed by atoms with Crippen molar-refractivity contribution in [2.45, 2.75) is 19.4 Å². The highest BCUT2D eigenvalue weighted by Crippen LogP contribution is 2.24. The first-order valence-corrected chi connectivity index (χ1v) is 8.99. The number of pyridine rings is 1. The monoisotopic (exact) mass is 394 g/mol. The van der Waals surface area contributed by atoms with Gasteiger partial charge in [0.1, 0.15) is 18.2 Å². The molecule has 0 aliphatic heterocycles. The summed E-state index contributed by atoms with van der Waals surface area (Å²) in [7, 11) is 0. The number of carbonyl (C=O) groups excluding carboxylic acids is 1. The fourth-order valence-corrected chi connectivity index (χ4v) is 2.96. The van der Waals surface area contributed by atoms with Crippen LogP contribution in [0.3, 0.4) is 0 Å². The van der Waals surface area contributed by atoms with E-state index in [1.165, 1.54) is 18.3 Å². The van der Waals surface area contributed by atoms with E-state index in [0.29, 0.717) is 33.7 Å². The maximum absolute atomic E-state index is 13.8. The van der Waals surface area contributed by atoms with Gasteiger partial charge in [0, 0.05) is 23.6 Å². The van der Waals surface area contributed by atoms with Crippen LogP contribution in [-0.2, 0) is 22.6 Å². The molecule has 0 saturated heterocycles. The van der Waals surface area contributed by atoms with Crippen molar-refractivity contribution in [1.29, 1.82) is 0 Å². The third kappa shape index (κ3) is 4.13. The van der Waals surface area contributed by atoms with E-state index in [1.54, 1.807) is 42.6 Å². The first-order chi connectivity index (χ1) is 14.1. The van der Waals surface area contributed by atoms with E-state index in [1.807, 2.05) is 0 Å². The van der Waals surface area contributed by atoms with E-state index in [2.05, 4.69) is 9.97 Å². The second-order valence-corrected chi connectivity index (χ2v) is 6.36. The number of ether oxygens (including phenoxy) is 1. The summed E-state index contributed by atoms with van der Waals surface area (Å²) in [6.07, 6.45) is 3.25. The van der Waals surface area contributed by atoms with Crippen molar-refractivity contribution < 1.29 is 22.7 Å². The van der Waals surface area contributed by atoms with E-state index < -0.39 is 11.8 Å². The largest absolute Gasteiger partial charge is 0.461 e. The number of aromatic nitrogens is 2. The van der Waals surface area contributed by atoms with Gasteiger partial charge in [-0.05, 0) is 30.3 Å². The summed E-state index contributed by atoms with van der Waals surface area (Å²) in [4.78, 5) is 20.3. The highest BCUT2D eigenvalue weighted by molar-refractivity contribution is 5.82. The van der Waals surface area contributed by atoms with Crippen molar-refractivity contribution >= 4 is 16.9 Å². The van der Waals surface area contributed by atoms with Gasteiger partial charge in [-0.3, -0.25) is 9.78 Å². The maximum Gasteiger partial charge on any atom is 0.306 e. The van der Waals surface area contributed by atoms with Crippen LogP contribution in [0.15, 0.2) is 65.3 Å². The standard InChI is InChI=1S/C22H16F2N2O3/c23-17-6-2-1-4-15(17)19-12-26-20(29-19)9-10-21(27)28-13-14-7-8-18(24)16-5-3-11-25-22(14)16/h1-8,11-12H,9-10,13H2. The summed E-state index contributed by atoms with van der Waals surface area (Å²) in [5, 5.41) is 0.376. The van der Waals surface area contributed by atoms with Gasteiger partial charge in [-0.2, -0.15) is 0 Å². The fraction of sp³-hybridized carbons (Fsp3) is 0.136. The van der Waals surface area contributed by atoms with Crippen LogP contribution in [0.2, 0.25) is 0 Å². The Hall–Kier alpha value is -3.61. The highest BCUT2D eigenvalue weighted by Gasteiger charge is 2.13. The molecule has 146 valence electrons. The van der Waals surface area contributed by atoms with Crippen molar-refractivity contribution in [3.63, 3.8) is 0 Å². The molecule has 0 N–H and O–H groups in total. The molecule has 2 heterocycles. The van der Waals surface area contributed by atoms with Gasteiger partial charge >= 0.3 is 5.97 Å². The van der Waals surface area contributed by atoms with Gasteiger partial charge in [-0.1, -0.05) is 18.2 Å². The molecule has 0 radical (unpaired) electrons. The Balaban J connectivity index is 1.36. The summed E-state index contributed by atoms with van der Waals surface area (Å²) in [6.45, 7) is -0.0152. The van der Waals surface area contributed by atoms with Gasteiger partial charge in [0.15, 0.2) is 11.7 Å². The first-order valence-electron chi connectivity index (χ1n) is 8.99. The summed E-state index contributed by atoms with van der Waals surface area (Å²) in [5.41, 5.74) is 1.39. The van der Waals surface area contributed by atoms with Crippen LogP contribution in [0, 0.1) is 11.6 Å². The number of halogens is 2. The minimum Gasteiger partial charge on any atom is -0.461 e. The molecule has 29 heavy (non-hydrogen) atoms. The smallest absolute Gasteiger partial charge is 0.306 e. The molecule has 4 aromatic rings. The Morgan fingerprint density at radius 2 is 1.86 bits per heavy atom. The molecular formula is C22H16F2N2O3. The lowest BCUT2D eigenvalue weighted by Crippen LogP contribution is -2.06. The van der Waals surface area contributed by atoms with Crippen LogP contribution >= 0.6 is 0 Å². The van der Waals surface area contributed by atoms with E-state index >= 15 is 0 Å². The van der Waals surface area contributed by atoms with Crippen LogP contribution < -0.4 is 0 Å². The summed E-state index contributed by atoms with van der Waals surface area (Å²) in [5.74, 6) is -0.624. The lowest BCUT2D eigenvalue weighted by atomic mass is 10.1. The number of esters is 1. The zero-order valence-electron chi connectivity index (χ0n) is 15.3. The molecule has 4 rings (SSSR count). The molecule has 7 heteroatoms. The normalized spacial score (nSPS) is 11.0. The number of carbonyl (C=O) groups is 1. The van der Waals surface area contributed by atoms with Crippen LogP contribution in [0.1, 0.15) is 17.9 Å². The topological polar surface area (TPSA) is 65.2 Å². The molecule has 2 aromatic heterocycles. The van der Waals surface area contributed by atoms with E-state index in [0.717, 1.165) is 0 Å². The zero-order valence-corrected chi connectivity index (χ0v) is 15.3. The van der Waals surface area contributed by atoms with Crippen LogP contribution in [0.25, 0.3) is 22.2 Å².